The Kier molecular flexibility index (Phi) is 7.56. The molecular weight excluding hydrogens is 390 g/mol. The van der Waals surface area contributed by atoms with Crippen LogP contribution in [0.3, 0.4) is 0 Å². The van der Waals surface area contributed by atoms with Crippen LogP contribution in [0.1, 0.15) is 23.7 Å². The van der Waals surface area contributed by atoms with Crippen LogP contribution in [-0.2, 0) is 11.3 Å². The molecule has 0 fully saturated rings. The van der Waals surface area contributed by atoms with Gasteiger partial charge in [0.15, 0.2) is 0 Å². The number of nitrogens with zero attached hydrogens (tertiary/aromatic N) is 1. The summed E-state index contributed by atoms with van der Waals surface area (Å²) in [5, 5.41) is 33.8. The topological polar surface area (TPSA) is 148 Å². The van der Waals surface area contributed by atoms with Gasteiger partial charge in [0.25, 0.3) is 5.69 Å². The molecule has 5 N–H and O–H groups in total. The van der Waals surface area contributed by atoms with Crippen molar-refractivity contribution in [1.82, 2.24) is 5.32 Å². The molecule has 0 aliphatic rings. The number of halogens is 1. The van der Waals surface area contributed by atoms with E-state index in [4.69, 9.17) is 22.1 Å². The van der Waals surface area contributed by atoms with Crippen LogP contribution >= 0.6 is 11.6 Å². The minimum Gasteiger partial charge on any atom is -0.445 e. The van der Waals surface area contributed by atoms with Gasteiger partial charge >= 0.3 is 6.09 Å². The summed E-state index contributed by atoms with van der Waals surface area (Å²) in [5.41, 5.74) is 5.73. The lowest BCUT2D eigenvalue weighted by molar-refractivity contribution is -0.384. The van der Waals surface area contributed by atoms with Crippen LogP contribution in [-0.4, -0.2) is 33.9 Å². The number of ether oxygens (including phenoxy) is 1. The molecule has 9 nitrogen and oxygen atoms in total. The van der Waals surface area contributed by atoms with Crippen molar-refractivity contribution in [2.75, 3.05) is 12.3 Å². The molecule has 0 radical (unpaired) electrons. The van der Waals surface area contributed by atoms with Crippen molar-refractivity contribution in [3.05, 3.63) is 68.7 Å². The number of amides is 1. The number of carbonyl (C=O) groups is 1. The second-order valence-electron chi connectivity index (χ2n) is 5.97. The van der Waals surface area contributed by atoms with Gasteiger partial charge in [-0.25, -0.2) is 4.79 Å². The van der Waals surface area contributed by atoms with Crippen LogP contribution in [0.15, 0.2) is 42.5 Å². The number of hydrogen-bond acceptors (Lipinski definition) is 7. The van der Waals surface area contributed by atoms with Gasteiger partial charge in [-0.05, 0) is 18.1 Å². The van der Waals surface area contributed by atoms with Crippen molar-refractivity contribution in [1.29, 1.82) is 0 Å². The standard InChI is InChI=1S/C18H20ClN3O6/c19-12-8-13(16(20)14(9-12)22(26)27)17(24)15(23)6-7-21-18(25)28-10-11-4-2-1-3-5-11/h1-5,8-9,15,17,23-24H,6-7,10,20H2,(H,21,25). The normalized spacial score (nSPS) is 12.8. The maximum absolute atomic E-state index is 11.7. The van der Waals surface area contributed by atoms with Gasteiger partial charge in [-0.2, -0.15) is 0 Å². The highest BCUT2D eigenvalue weighted by molar-refractivity contribution is 6.31. The van der Waals surface area contributed by atoms with E-state index in [-0.39, 0.29) is 35.8 Å². The van der Waals surface area contributed by atoms with E-state index in [9.17, 15) is 25.1 Å². The van der Waals surface area contributed by atoms with E-state index in [0.717, 1.165) is 11.6 Å². The number of aliphatic hydroxyl groups excluding tert-OH is 2. The summed E-state index contributed by atoms with van der Waals surface area (Å²) in [6.45, 7) is 0.106. The fourth-order valence-electron chi connectivity index (χ4n) is 2.48. The Hall–Kier alpha value is -2.88. The van der Waals surface area contributed by atoms with Crippen LogP contribution in [0.2, 0.25) is 5.02 Å². The van der Waals surface area contributed by atoms with Crippen LogP contribution in [0.25, 0.3) is 0 Å². The molecule has 28 heavy (non-hydrogen) atoms. The molecule has 0 aromatic heterocycles. The molecular formula is C18H20ClN3O6. The zero-order valence-corrected chi connectivity index (χ0v) is 15.5. The van der Waals surface area contributed by atoms with Gasteiger partial charge in [0, 0.05) is 23.2 Å². The Balaban J connectivity index is 1.86. The van der Waals surface area contributed by atoms with Gasteiger partial charge in [0.2, 0.25) is 0 Å². The Morgan fingerprint density at radius 3 is 2.61 bits per heavy atom. The first-order chi connectivity index (χ1) is 13.3. The van der Waals surface area contributed by atoms with Gasteiger partial charge in [-0.1, -0.05) is 41.9 Å². The molecule has 0 spiro atoms. The third-order valence-corrected chi connectivity index (χ3v) is 4.18. The molecule has 2 unspecified atom stereocenters. The molecule has 1 amide bonds. The van der Waals surface area contributed by atoms with E-state index in [2.05, 4.69) is 5.32 Å². The number of nitrogen functional groups attached to an aromatic ring is 1. The van der Waals surface area contributed by atoms with Gasteiger partial charge in [0.05, 0.1) is 11.0 Å². The zero-order valence-electron chi connectivity index (χ0n) is 14.7. The smallest absolute Gasteiger partial charge is 0.407 e. The fraction of sp³-hybridized carbons (Fsp3) is 0.278. The molecule has 2 aromatic rings. The van der Waals surface area contributed by atoms with Crippen LogP contribution in [0, 0.1) is 10.1 Å². The number of rotatable bonds is 8. The lowest BCUT2D eigenvalue weighted by Crippen LogP contribution is -2.30. The van der Waals surface area contributed by atoms with E-state index in [1.807, 2.05) is 30.3 Å². The first-order valence-electron chi connectivity index (χ1n) is 8.33. The number of aliphatic hydroxyl groups is 2. The van der Waals surface area contributed by atoms with E-state index >= 15 is 0 Å². The van der Waals surface area contributed by atoms with Crippen molar-refractivity contribution < 1.29 is 24.7 Å². The Bertz CT molecular complexity index is 834. The maximum Gasteiger partial charge on any atom is 0.407 e. The fourth-order valence-corrected chi connectivity index (χ4v) is 2.70. The maximum atomic E-state index is 11.7. The zero-order chi connectivity index (χ0) is 20.7. The Morgan fingerprint density at radius 2 is 1.96 bits per heavy atom. The average Bonchev–Trinajstić information content (AvgIpc) is 2.67. The monoisotopic (exact) mass is 409 g/mol. The number of benzene rings is 2. The number of hydrogen-bond donors (Lipinski definition) is 4. The van der Waals surface area contributed by atoms with Crippen LogP contribution in [0.5, 0.6) is 0 Å². The SMILES string of the molecule is Nc1c(C(O)C(O)CCNC(=O)OCc2ccccc2)cc(Cl)cc1[N+](=O)[O-]. The molecule has 0 saturated heterocycles. The average molecular weight is 410 g/mol. The first kappa shape index (κ1) is 21.4. The number of nitrogens with one attached hydrogen (secondary N) is 1. The largest absolute Gasteiger partial charge is 0.445 e. The second-order valence-corrected chi connectivity index (χ2v) is 6.41. The van der Waals surface area contributed by atoms with Crippen LogP contribution in [0.4, 0.5) is 16.2 Å². The molecule has 0 aliphatic carbocycles. The number of nitrogens with two attached hydrogens (primary N) is 1. The van der Waals surface area contributed by atoms with Crippen LogP contribution < -0.4 is 11.1 Å². The number of carbonyl (C=O) groups excluding carboxylic acids is 1. The van der Waals surface area contributed by atoms with Crippen molar-refractivity contribution in [3.63, 3.8) is 0 Å². The summed E-state index contributed by atoms with van der Waals surface area (Å²) >= 11 is 5.82. The Morgan fingerprint density at radius 1 is 1.29 bits per heavy atom. The summed E-state index contributed by atoms with van der Waals surface area (Å²) in [7, 11) is 0. The van der Waals surface area contributed by atoms with Crippen molar-refractivity contribution in [3.8, 4) is 0 Å². The van der Waals surface area contributed by atoms with Crippen molar-refractivity contribution in [2.24, 2.45) is 0 Å². The number of nitro groups is 1. The summed E-state index contributed by atoms with van der Waals surface area (Å²) in [6.07, 6.45) is -3.57. The molecule has 0 heterocycles. The van der Waals surface area contributed by atoms with E-state index in [0.29, 0.717) is 0 Å². The molecule has 0 aliphatic heterocycles. The van der Waals surface area contributed by atoms with Gasteiger partial charge < -0.3 is 26.0 Å². The van der Waals surface area contributed by atoms with E-state index in [1.165, 1.54) is 6.07 Å². The van der Waals surface area contributed by atoms with Gasteiger partial charge in [-0.3, -0.25) is 10.1 Å². The minimum atomic E-state index is -1.51. The number of alkyl carbamates (subject to hydrolysis) is 1. The lowest BCUT2D eigenvalue weighted by atomic mass is 9.99. The highest BCUT2D eigenvalue weighted by Gasteiger charge is 2.26. The van der Waals surface area contributed by atoms with Gasteiger partial charge in [0.1, 0.15) is 18.4 Å². The Labute approximate surface area is 165 Å². The quantitative estimate of drug-likeness (QED) is 0.297. The summed E-state index contributed by atoms with van der Waals surface area (Å²) in [5.74, 6) is 0. The highest BCUT2D eigenvalue weighted by atomic mass is 35.5. The predicted molar refractivity (Wildman–Crippen MR) is 103 cm³/mol. The molecule has 2 aromatic carbocycles. The van der Waals surface area contributed by atoms with Gasteiger partial charge in [-0.15, -0.1) is 0 Å². The molecule has 150 valence electrons. The molecule has 2 rings (SSSR count). The first-order valence-corrected chi connectivity index (χ1v) is 8.71. The molecule has 2 atom stereocenters. The van der Waals surface area contributed by atoms with E-state index < -0.39 is 28.9 Å². The lowest BCUT2D eigenvalue weighted by Gasteiger charge is -2.20. The van der Waals surface area contributed by atoms with Crippen molar-refractivity contribution in [2.45, 2.75) is 25.2 Å². The van der Waals surface area contributed by atoms with Crippen molar-refractivity contribution >= 4 is 29.1 Å². The number of anilines is 1. The third-order valence-electron chi connectivity index (χ3n) is 3.96. The third kappa shape index (κ3) is 5.81. The predicted octanol–water partition coefficient (Wildman–Crippen LogP) is 2.54. The summed E-state index contributed by atoms with van der Waals surface area (Å²) in [4.78, 5) is 21.9. The van der Waals surface area contributed by atoms with E-state index in [1.54, 1.807) is 0 Å². The summed E-state index contributed by atoms with van der Waals surface area (Å²) < 4.78 is 5.03. The molecule has 0 bridgehead atoms. The highest BCUT2D eigenvalue weighted by Crippen LogP contribution is 2.34. The molecule has 0 saturated carbocycles. The summed E-state index contributed by atoms with van der Waals surface area (Å²) in [6, 6.07) is 11.4. The minimum absolute atomic E-state index is 0.00441. The number of nitro benzene ring substituents is 1. The second kappa shape index (κ2) is 9.88. The molecule has 10 heteroatoms.